The van der Waals surface area contributed by atoms with Gasteiger partial charge in [-0.1, -0.05) is 63.1 Å². The van der Waals surface area contributed by atoms with Crippen molar-refractivity contribution in [1.29, 1.82) is 0 Å². The average molecular weight is 812 g/mol. The molecule has 4 heterocycles. The molecule has 0 aliphatic carbocycles. The van der Waals surface area contributed by atoms with Crippen LogP contribution in [0.3, 0.4) is 0 Å². The van der Waals surface area contributed by atoms with Crippen LogP contribution in [0.15, 0.2) is 134 Å². The van der Waals surface area contributed by atoms with E-state index in [2.05, 4.69) is 89.5 Å². The Labute approximate surface area is 354 Å². The van der Waals surface area contributed by atoms with Crippen LogP contribution in [0, 0.1) is 0 Å². The maximum Gasteiger partial charge on any atom is 0.345 e. The van der Waals surface area contributed by atoms with Gasteiger partial charge in [-0.3, -0.25) is 0 Å². The molecule has 0 spiro atoms. The summed E-state index contributed by atoms with van der Waals surface area (Å²) in [5.41, 5.74) is 10.2. The predicted octanol–water partition coefficient (Wildman–Crippen LogP) is 12.0. The van der Waals surface area contributed by atoms with Crippen molar-refractivity contribution in [2.24, 2.45) is 14.1 Å². The Kier molecular flexibility index (Phi) is 10.5. The van der Waals surface area contributed by atoms with Crippen LogP contribution in [0.5, 0.6) is 11.5 Å². The van der Waals surface area contributed by atoms with E-state index in [1.165, 1.54) is 0 Å². The van der Waals surface area contributed by atoms with Crippen LogP contribution >= 0.6 is 0 Å². The van der Waals surface area contributed by atoms with E-state index in [1.54, 1.807) is 26.4 Å². The molecule has 0 fully saturated rings. The van der Waals surface area contributed by atoms with Crippen LogP contribution in [0.4, 0.5) is 5.69 Å². The molecule has 9 heteroatoms. The van der Waals surface area contributed by atoms with Gasteiger partial charge in [-0.15, -0.1) is 0 Å². The van der Waals surface area contributed by atoms with Crippen LogP contribution in [0.1, 0.15) is 39.5 Å². The minimum Gasteiger partial charge on any atom is -0.496 e. The lowest BCUT2D eigenvalue weighted by Crippen LogP contribution is -2.25. The fourth-order valence-electron chi connectivity index (χ4n) is 8.66. The van der Waals surface area contributed by atoms with E-state index in [-0.39, 0.29) is 5.63 Å². The predicted molar refractivity (Wildman–Crippen MR) is 248 cm³/mol. The lowest BCUT2D eigenvalue weighted by Gasteiger charge is -2.24. The molecule has 0 N–H and O–H groups in total. The van der Waals surface area contributed by atoms with Gasteiger partial charge in [0, 0.05) is 84.0 Å². The Morgan fingerprint density at radius 1 is 0.541 bits per heavy atom. The fourth-order valence-corrected chi connectivity index (χ4v) is 8.66. The third kappa shape index (κ3) is 7.13. The molecule has 0 radical (unpaired) electrons. The van der Waals surface area contributed by atoms with Gasteiger partial charge in [-0.05, 0) is 95.8 Å². The zero-order chi connectivity index (χ0) is 42.4. The van der Waals surface area contributed by atoms with Gasteiger partial charge in [0.25, 0.3) is 0 Å². The summed E-state index contributed by atoms with van der Waals surface area (Å²) in [6.45, 7) is 6.39. The van der Waals surface area contributed by atoms with Gasteiger partial charge < -0.3 is 32.3 Å². The monoisotopic (exact) mass is 811 g/mol. The molecule has 9 nitrogen and oxygen atoms in total. The van der Waals surface area contributed by atoms with E-state index in [1.807, 2.05) is 55.6 Å². The Morgan fingerprint density at radius 2 is 1.16 bits per heavy atom. The molecular formula is C52H49N3O6. The van der Waals surface area contributed by atoms with Crippen molar-refractivity contribution >= 4 is 49.4 Å². The summed E-state index contributed by atoms with van der Waals surface area (Å²) < 4.78 is 27.0. The first-order chi connectivity index (χ1) is 29.7. The molecule has 308 valence electrons. The number of hydrogen-bond donors (Lipinski definition) is 0. The Hall–Kier alpha value is -7.00. The van der Waals surface area contributed by atoms with Crippen molar-refractivity contribution in [3.8, 4) is 56.3 Å². The number of methoxy groups -OCH3 is 2. The number of anilines is 1. The van der Waals surface area contributed by atoms with Crippen molar-refractivity contribution < 1.29 is 18.3 Å². The average Bonchev–Trinajstić information content (AvgIpc) is 3.80. The fraction of sp³-hybridized carbons (Fsp3) is 0.231. The summed E-state index contributed by atoms with van der Waals surface area (Å²) in [6, 6.07) is 38.6. The Balaban J connectivity index is 1.03. The van der Waals surface area contributed by atoms with Crippen LogP contribution in [-0.4, -0.2) is 36.4 Å². The third-order valence-corrected chi connectivity index (χ3v) is 12.1. The quantitative estimate of drug-likeness (QED) is 0.107. The second-order valence-corrected chi connectivity index (χ2v) is 15.8. The number of unbranched alkanes of at least 4 members (excludes halogenated alkanes) is 2. The second-order valence-electron chi connectivity index (χ2n) is 15.8. The zero-order valence-corrected chi connectivity index (χ0v) is 35.5. The number of rotatable bonds is 13. The molecule has 0 atom stereocenters. The minimum atomic E-state index is -0.435. The maximum absolute atomic E-state index is 13.6. The Morgan fingerprint density at radius 3 is 1.85 bits per heavy atom. The van der Waals surface area contributed by atoms with E-state index in [4.69, 9.17) is 18.3 Å². The van der Waals surface area contributed by atoms with Gasteiger partial charge in [0.2, 0.25) is 0 Å². The van der Waals surface area contributed by atoms with Gasteiger partial charge in [0.1, 0.15) is 22.7 Å². The van der Waals surface area contributed by atoms with Crippen molar-refractivity contribution in [2.45, 2.75) is 39.5 Å². The lowest BCUT2D eigenvalue weighted by atomic mass is 9.99. The number of benzene rings is 5. The third-order valence-electron chi connectivity index (χ3n) is 12.1. The molecule has 0 unspecified atom stereocenters. The van der Waals surface area contributed by atoms with Crippen LogP contribution < -0.4 is 25.6 Å². The molecule has 9 rings (SSSR count). The summed E-state index contributed by atoms with van der Waals surface area (Å²) in [5, 5.41) is 3.85. The van der Waals surface area contributed by atoms with Crippen LogP contribution in [-0.2, 0) is 14.1 Å². The Bertz CT molecular complexity index is 3210. The van der Waals surface area contributed by atoms with Crippen molar-refractivity contribution in [1.82, 2.24) is 9.13 Å². The summed E-state index contributed by atoms with van der Waals surface area (Å²) in [5.74, 6) is 1.11. The first-order valence-corrected chi connectivity index (χ1v) is 21.0. The molecule has 4 aromatic heterocycles. The zero-order valence-electron chi connectivity index (χ0n) is 35.5. The highest BCUT2D eigenvalue weighted by molar-refractivity contribution is 6.10. The molecule has 0 aliphatic rings. The number of aryl methyl sites for hydroxylation is 1. The summed E-state index contributed by atoms with van der Waals surface area (Å²) >= 11 is 0. The van der Waals surface area contributed by atoms with Gasteiger partial charge in [0.05, 0.1) is 36.4 Å². The summed E-state index contributed by atoms with van der Waals surface area (Å²) in [6.07, 6.45) is 4.50. The highest BCUT2D eigenvalue weighted by Crippen LogP contribution is 2.38. The number of aromatic nitrogens is 2. The largest absolute Gasteiger partial charge is 0.496 e. The minimum absolute atomic E-state index is 0.349. The SMILES string of the molecule is CCCCN(CCCC)c1ccc2cc(-c3ccc(-c4ccc5c(c4)c4cc(-c6ccc(-c7cc8c(OC)cc(OC)cc8oc7=O)cc6)ccc4n5C)n3C)c(=O)oc2c1. The van der Waals surface area contributed by atoms with Gasteiger partial charge >= 0.3 is 11.3 Å². The van der Waals surface area contributed by atoms with E-state index in [9.17, 15) is 9.59 Å². The van der Waals surface area contributed by atoms with E-state index in [0.717, 1.165) is 105 Å². The standard InChI is InChI=1S/C52H49N3O6/c1-7-9-23-55(24-10-8-2)37-18-15-36-27-42(52(57)60-48(36)28-37)47-22-21-44(53(47)3)35-17-20-46-41(26-35)40-25-34(16-19-45(40)54(46)4)32-11-13-33(14-12-32)39-31-43-49(59-6)29-38(58-5)30-50(43)61-51(39)56/h11-22,25-31H,7-10,23-24H2,1-6H3. The molecule has 0 amide bonds. The van der Waals surface area contributed by atoms with Gasteiger partial charge in [-0.25, -0.2) is 9.59 Å². The molecule has 0 saturated carbocycles. The molecule has 61 heavy (non-hydrogen) atoms. The molecule has 9 aromatic rings. The number of ether oxygens (including phenoxy) is 2. The maximum atomic E-state index is 13.6. The van der Waals surface area contributed by atoms with Crippen LogP contribution in [0.2, 0.25) is 0 Å². The second kappa shape index (κ2) is 16.2. The van der Waals surface area contributed by atoms with E-state index >= 15 is 0 Å². The van der Waals surface area contributed by atoms with Crippen molar-refractivity contribution in [3.63, 3.8) is 0 Å². The highest BCUT2D eigenvalue weighted by Gasteiger charge is 2.18. The highest BCUT2D eigenvalue weighted by atomic mass is 16.5. The molecule has 0 aliphatic heterocycles. The molecule has 0 saturated heterocycles. The van der Waals surface area contributed by atoms with E-state index < -0.39 is 5.63 Å². The topological polar surface area (TPSA) is 92.0 Å². The number of nitrogens with zero attached hydrogens (tertiary/aromatic N) is 3. The normalized spacial score (nSPS) is 11.6. The summed E-state index contributed by atoms with van der Waals surface area (Å²) in [7, 11) is 7.23. The lowest BCUT2D eigenvalue weighted by molar-refractivity contribution is 0.396. The molecule has 0 bridgehead atoms. The smallest absolute Gasteiger partial charge is 0.345 e. The van der Waals surface area contributed by atoms with Crippen LogP contribution in [0.25, 0.3) is 88.5 Å². The van der Waals surface area contributed by atoms with E-state index in [0.29, 0.717) is 39.2 Å². The first-order valence-electron chi connectivity index (χ1n) is 21.0. The van der Waals surface area contributed by atoms with Gasteiger partial charge in [-0.2, -0.15) is 0 Å². The van der Waals surface area contributed by atoms with Gasteiger partial charge in [0.15, 0.2) is 0 Å². The number of hydrogen-bond acceptors (Lipinski definition) is 7. The summed E-state index contributed by atoms with van der Waals surface area (Å²) in [4.78, 5) is 29.2. The molecular weight excluding hydrogens is 763 g/mol. The molecule has 5 aromatic carbocycles. The van der Waals surface area contributed by atoms with Crippen molar-refractivity contribution in [2.75, 3.05) is 32.2 Å². The number of fused-ring (bicyclic) bond motifs is 5. The van der Waals surface area contributed by atoms with Crippen molar-refractivity contribution in [3.05, 3.63) is 136 Å². The first kappa shape index (κ1) is 39.5.